The minimum atomic E-state index is -0.473. The maximum absolute atomic E-state index is 13.2. The number of amides is 2. The van der Waals surface area contributed by atoms with Gasteiger partial charge in [-0.05, 0) is 38.0 Å². The van der Waals surface area contributed by atoms with Crippen molar-refractivity contribution in [1.82, 2.24) is 15.6 Å². The number of carbonyl (C=O) groups is 2. The quantitative estimate of drug-likeness (QED) is 0.736. The van der Waals surface area contributed by atoms with Gasteiger partial charge in [-0.25, -0.2) is 14.2 Å². The van der Waals surface area contributed by atoms with E-state index < -0.39 is 6.09 Å². The lowest BCUT2D eigenvalue weighted by molar-refractivity contribution is -0.121. The molecule has 8 heteroatoms. The summed E-state index contributed by atoms with van der Waals surface area (Å²) < 4.78 is 19.0. The molecule has 1 aromatic carbocycles. The highest BCUT2D eigenvalue weighted by Gasteiger charge is 2.12. The number of thiazole rings is 1. The summed E-state index contributed by atoms with van der Waals surface area (Å²) in [7, 11) is 0. The SMILES string of the molecule is CC(CNC(=O)OC(C)C)CC(=O)NCCc1nc2ccc(F)cc2s1. The zero-order valence-electron chi connectivity index (χ0n) is 15.2. The van der Waals surface area contributed by atoms with Crippen molar-refractivity contribution in [3.63, 3.8) is 0 Å². The Morgan fingerprint density at radius 2 is 2.04 bits per heavy atom. The number of aromatic nitrogens is 1. The number of nitrogens with one attached hydrogen (secondary N) is 2. The molecule has 1 atom stereocenters. The van der Waals surface area contributed by atoms with Crippen LogP contribution < -0.4 is 10.6 Å². The highest BCUT2D eigenvalue weighted by atomic mass is 32.1. The van der Waals surface area contributed by atoms with Gasteiger partial charge in [0.2, 0.25) is 5.91 Å². The molecule has 0 spiro atoms. The number of hydrogen-bond donors (Lipinski definition) is 2. The van der Waals surface area contributed by atoms with Crippen LogP contribution in [0.3, 0.4) is 0 Å². The van der Waals surface area contributed by atoms with Crippen LogP contribution in [0.4, 0.5) is 9.18 Å². The van der Waals surface area contributed by atoms with Crippen LogP contribution in [0.5, 0.6) is 0 Å². The normalized spacial score (nSPS) is 12.2. The molecule has 2 aromatic rings. The van der Waals surface area contributed by atoms with E-state index in [1.807, 2.05) is 6.92 Å². The molecule has 0 saturated carbocycles. The molecule has 142 valence electrons. The minimum absolute atomic E-state index is 0.000128. The van der Waals surface area contributed by atoms with E-state index in [0.29, 0.717) is 25.9 Å². The largest absolute Gasteiger partial charge is 0.447 e. The summed E-state index contributed by atoms with van der Waals surface area (Å²) in [6.07, 6.45) is 0.264. The Kier molecular flexibility index (Phi) is 7.32. The molecule has 1 heterocycles. The van der Waals surface area contributed by atoms with Gasteiger partial charge in [0.1, 0.15) is 5.82 Å². The second-order valence-corrected chi connectivity index (χ2v) is 7.58. The molecule has 0 radical (unpaired) electrons. The van der Waals surface area contributed by atoms with E-state index in [9.17, 15) is 14.0 Å². The molecule has 0 aliphatic heterocycles. The Labute approximate surface area is 156 Å². The van der Waals surface area contributed by atoms with Gasteiger partial charge in [0.15, 0.2) is 0 Å². The molecule has 0 aliphatic rings. The van der Waals surface area contributed by atoms with Crippen LogP contribution in [0.2, 0.25) is 0 Å². The molecular formula is C18H24FN3O3S. The van der Waals surface area contributed by atoms with Gasteiger partial charge in [-0.2, -0.15) is 0 Å². The molecule has 0 aliphatic carbocycles. The summed E-state index contributed by atoms with van der Waals surface area (Å²) in [5.41, 5.74) is 0.769. The van der Waals surface area contributed by atoms with E-state index in [1.54, 1.807) is 19.9 Å². The van der Waals surface area contributed by atoms with Crippen molar-refractivity contribution in [3.05, 3.63) is 29.0 Å². The molecule has 6 nitrogen and oxygen atoms in total. The standard InChI is InChI=1S/C18H24FN3O3S/c1-11(2)25-18(24)21-10-12(3)8-16(23)20-7-6-17-22-14-5-4-13(19)9-15(14)26-17/h4-5,9,11-12H,6-8,10H2,1-3H3,(H,20,23)(H,21,24). The van der Waals surface area contributed by atoms with E-state index in [1.165, 1.54) is 23.5 Å². The van der Waals surface area contributed by atoms with Crippen molar-refractivity contribution < 1.29 is 18.7 Å². The van der Waals surface area contributed by atoms with Gasteiger partial charge in [-0.1, -0.05) is 6.92 Å². The summed E-state index contributed by atoms with van der Waals surface area (Å²) in [5, 5.41) is 6.35. The molecular weight excluding hydrogens is 357 g/mol. The highest BCUT2D eigenvalue weighted by Crippen LogP contribution is 2.22. The third-order valence-electron chi connectivity index (χ3n) is 3.53. The van der Waals surface area contributed by atoms with Crippen molar-refractivity contribution in [2.24, 2.45) is 5.92 Å². The van der Waals surface area contributed by atoms with Gasteiger partial charge in [0.05, 0.1) is 21.3 Å². The molecule has 2 rings (SSSR count). The summed E-state index contributed by atoms with van der Waals surface area (Å²) in [5.74, 6) is -0.357. The van der Waals surface area contributed by atoms with Gasteiger partial charge < -0.3 is 15.4 Å². The van der Waals surface area contributed by atoms with Gasteiger partial charge >= 0.3 is 6.09 Å². The second kappa shape index (κ2) is 9.47. The van der Waals surface area contributed by atoms with Gasteiger partial charge in [-0.3, -0.25) is 4.79 Å². The van der Waals surface area contributed by atoms with Crippen LogP contribution in [0.1, 0.15) is 32.2 Å². The molecule has 2 amide bonds. The first-order valence-corrected chi connectivity index (χ1v) is 9.41. The molecule has 0 fully saturated rings. The van der Waals surface area contributed by atoms with Gasteiger partial charge in [0, 0.05) is 25.9 Å². The summed E-state index contributed by atoms with van der Waals surface area (Å²) >= 11 is 1.43. The maximum Gasteiger partial charge on any atom is 0.407 e. The van der Waals surface area contributed by atoms with Crippen molar-refractivity contribution in [2.45, 2.75) is 39.7 Å². The fourth-order valence-electron chi connectivity index (χ4n) is 2.34. The molecule has 0 bridgehead atoms. The Bertz CT molecular complexity index is 763. The van der Waals surface area contributed by atoms with E-state index in [2.05, 4.69) is 15.6 Å². The zero-order chi connectivity index (χ0) is 19.1. The first kappa shape index (κ1) is 20.1. The smallest absolute Gasteiger partial charge is 0.407 e. The van der Waals surface area contributed by atoms with Crippen LogP contribution in [-0.4, -0.2) is 36.2 Å². The Morgan fingerprint density at radius 3 is 2.77 bits per heavy atom. The van der Waals surface area contributed by atoms with Crippen molar-refractivity contribution in [2.75, 3.05) is 13.1 Å². The van der Waals surface area contributed by atoms with E-state index in [0.717, 1.165) is 15.2 Å². The highest BCUT2D eigenvalue weighted by molar-refractivity contribution is 7.18. The maximum atomic E-state index is 13.2. The summed E-state index contributed by atoms with van der Waals surface area (Å²) in [6, 6.07) is 4.51. The van der Waals surface area contributed by atoms with Crippen molar-refractivity contribution >= 4 is 33.6 Å². The third kappa shape index (κ3) is 6.59. The van der Waals surface area contributed by atoms with Crippen LogP contribution >= 0.6 is 11.3 Å². The third-order valence-corrected chi connectivity index (χ3v) is 4.61. The second-order valence-electron chi connectivity index (χ2n) is 6.46. The van der Waals surface area contributed by atoms with Crippen LogP contribution in [0.15, 0.2) is 18.2 Å². The predicted molar refractivity (Wildman–Crippen MR) is 99.7 cm³/mol. The lowest BCUT2D eigenvalue weighted by Crippen LogP contribution is -2.33. The fourth-order valence-corrected chi connectivity index (χ4v) is 3.33. The Hall–Kier alpha value is -2.22. The van der Waals surface area contributed by atoms with Crippen LogP contribution in [-0.2, 0) is 16.0 Å². The van der Waals surface area contributed by atoms with E-state index in [-0.39, 0.29) is 23.7 Å². The number of carbonyl (C=O) groups excluding carboxylic acids is 2. The summed E-state index contributed by atoms with van der Waals surface area (Å²) in [4.78, 5) is 27.8. The van der Waals surface area contributed by atoms with Crippen molar-refractivity contribution in [1.29, 1.82) is 0 Å². The predicted octanol–water partition coefficient (Wildman–Crippen LogP) is 3.25. The molecule has 26 heavy (non-hydrogen) atoms. The minimum Gasteiger partial charge on any atom is -0.447 e. The number of hydrogen-bond acceptors (Lipinski definition) is 5. The number of benzene rings is 1. The number of fused-ring (bicyclic) bond motifs is 1. The summed E-state index contributed by atoms with van der Waals surface area (Å²) in [6.45, 7) is 6.28. The lowest BCUT2D eigenvalue weighted by atomic mass is 10.1. The molecule has 1 unspecified atom stereocenters. The van der Waals surface area contributed by atoms with Crippen molar-refractivity contribution in [3.8, 4) is 0 Å². The average molecular weight is 381 g/mol. The number of halogens is 1. The first-order valence-electron chi connectivity index (χ1n) is 8.59. The molecule has 2 N–H and O–H groups in total. The number of nitrogens with zero attached hydrogens (tertiary/aromatic N) is 1. The van der Waals surface area contributed by atoms with E-state index >= 15 is 0 Å². The molecule has 0 saturated heterocycles. The number of rotatable bonds is 8. The Balaban J connectivity index is 1.68. The van der Waals surface area contributed by atoms with Gasteiger partial charge in [0.25, 0.3) is 0 Å². The Morgan fingerprint density at radius 1 is 1.27 bits per heavy atom. The number of alkyl carbamates (subject to hydrolysis) is 1. The van der Waals surface area contributed by atoms with Crippen LogP contribution in [0, 0.1) is 11.7 Å². The fraction of sp³-hybridized carbons (Fsp3) is 0.500. The van der Waals surface area contributed by atoms with Crippen LogP contribution in [0.25, 0.3) is 10.2 Å². The zero-order valence-corrected chi connectivity index (χ0v) is 16.0. The first-order chi connectivity index (χ1) is 12.3. The van der Waals surface area contributed by atoms with E-state index in [4.69, 9.17) is 4.74 Å². The van der Waals surface area contributed by atoms with Gasteiger partial charge in [-0.15, -0.1) is 11.3 Å². The number of ether oxygens (including phenoxy) is 1. The monoisotopic (exact) mass is 381 g/mol. The topological polar surface area (TPSA) is 80.3 Å². The lowest BCUT2D eigenvalue weighted by Gasteiger charge is -2.14. The average Bonchev–Trinajstić information content (AvgIpc) is 2.94. The molecule has 1 aromatic heterocycles.